The van der Waals surface area contributed by atoms with Crippen LogP contribution in [0.25, 0.3) is 0 Å². The second-order valence-electron chi connectivity index (χ2n) is 6.28. The van der Waals surface area contributed by atoms with Crippen molar-refractivity contribution in [2.24, 2.45) is 5.92 Å². The molecule has 4 heteroatoms. The molecule has 1 aromatic rings. The lowest BCUT2D eigenvalue weighted by Gasteiger charge is -2.37. The van der Waals surface area contributed by atoms with Crippen molar-refractivity contribution in [3.63, 3.8) is 0 Å². The molecular weight excluding hydrogens is 282 g/mol. The van der Waals surface area contributed by atoms with Crippen LogP contribution >= 0.6 is 11.6 Å². The Morgan fingerprint density at radius 3 is 2.62 bits per heavy atom. The predicted octanol–water partition coefficient (Wildman–Crippen LogP) is 2.98. The summed E-state index contributed by atoms with van der Waals surface area (Å²) in [6, 6.07) is 6.29. The fraction of sp³-hybridized carbons (Fsp3) is 0.647. The van der Waals surface area contributed by atoms with E-state index in [0.717, 1.165) is 37.1 Å². The van der Waals surface area contributed by atoms with Crippen LogP contribution in [0.1, 0.15) is 25.3 Å². The van der Waals surface area contributed by atoms with Crippen molar-refractivity contribution in [1.82, 2.24) is 10.2 Å². The fourth-order valence-corrected chi connectivity index (χ4v) is 3.24. The minimum absolute atomic E-state index is 0.839. The average molecular weight is 308 g/mol. The lowest BCUT2D eigenvalue weighted by molar-refractivity contribution is 0.248. The van der Waals surface area contributed by atoms with E-state index in [2.05, 4.69) is 34.2 Å². The van der Waals surface area contributed by atoms with Gasteiger partial charge < -0.3 is 10.2 Å². The Hall–Kier alpha value is -0.770. The van der Waals surface area contributed by atoms with Gasteiger partial charge in [-0.05, 0) is 43.0 Å². The highest BCUT2D eigenvalue weighted by molar-refractivity contribution is 6.30. The van der Waals surface area contributed by atoms with E-state index < -0.39 is 0 Å². The first kappa shape index (κ1) is 15.1. The summed E-state index contributed by atoms with van der Waals surface area (Å²) in [5, 5.41) is 4.27. The highest BCUT2D eigenvalue weighted by Crippen LogP contribution is 2.31. The molecule has 3 rings (SSSR count). The largest absolute Gasteiger partial charge is 0.369 e. The molecule has 1 saturated carbocycles. The predicted molar refractivity (Wildman–Crippen MR) is 90.2 cm³/mol. The summed E-state index contributed by atoms with van der Waals surface area (Å²) in [5.41, 5.74) is 2.67. The third-order valence-electron chi connectivity index (χ3n) is 4.54. The monoisotopic (exact) mass is 307 g/mol. The number of anilines is 1. The van der Waals surface area contributed by atoms with Gasteiger partial charge in [-0.1, -0.05) is 24.6 Å². The maximum Gasteiger partial charge on any atom is 0.0427 e. The van der Waals surface area contributed by atoms with Gasteiger partial charge in [0, 0.05) is 50.0 Å². The van der Waals surface area contributed by atoms with Crippen molar-refractivity contribution in [3.8, 4) is 0 Å². The third kappa shape index (κ3) is 4.12. The topological polar surface area (TPSA) is 18.5 Å². The first-order valence-corrected chi connectivity index (χ1v) is 8.60. The quantitative estimate of drug-likeness (QED) is 0.871. The van der Waals surface area contributed by atoms with E-state index in [1.807, 2.05) is 6.07 Å². The van der Waals surface area contributed by atoms with Crippen LogP contribution in [0, 0.1) is 5.92 Å². The summed E-state index contributed by atoms with van der Waals surface area (Å²) < 4.78 is 0. The number of benzene rings is 1. The van der Waals surface area contributed by atoms with Gasteiger partial charge in [-0.15, -0.1) is 0 Å². The Bertz CT molecular complexity index is 465. The molecule has 21 heavy (non-hydrogen) atoms. The molecule has 1 aromatic carbocycles. The summed E-state index contributed by atoms with van der Waals surface area (Å²) in [5.74, 6) is 0.993. The van der Waals surface area contributed by atoms with E-state index in [1.54, 1.807) is 0 Å². The van der Waals surface area contributed by atoms with E-state index in [4.69, 9.17) is 11.6 Å². The van der Waals surface area contributed by atoms with Crippen LogP contribution in [0.5, 0.6) is 0 Å². The number of hydrogen-bond acceptors (Lipinski definition) is 3. The molecule has 0 amide bonds. The number of nitrogens with zero attached hydrogens (tertiary/aromatic N) is 2. The van der Waals surface area contributed by atoms with Crippen molar-refractivity contribution in [2.45, 2.75) is 26.3 Å². The van der Waals surface area contributed by atoms with E-state index in [-0.39, 0.29) is 0 Å². The van der Waals surface area contributed by atoms with Crippen LogP contribution in [-0.4, -0.2) is 44.2 Å². The minimum atomic E-state index is 0.839. The van der Waals surface area contributed by atoms with Crippen LogP contribution in [0.3, 0.4) is 0 Å². The highest BCUT2D eigenvalue weighted by atomic mass is 35.5. The average Bonchev–Trinajstić information content (AvgIpc) is 3.31. The fourth-order valence-electron chi connectivity index (χ4n) is 3.08. The van der Waals surface area contributed by atoms with Gasteiger partial charge >= 0.3 is 0 Å². The number of rotatable bonds is 6. The normalized spacial score (nSPS) is 20.0. The Morgan fingerprint density at radius 1 is 1.19 bits per heavy atom. The molecule has 0 bridgehead atoms. The molecule has 0 spiro atoms. The lowest BCUT2D eigenvalue weighted by Crippen LogP contribution is -2.47. The van der Waals surface area contributed by atoms with Crippen LogP contribution in [-0.2, 0) is 6.54 Å². The molecule has 2 fully saturated rings. The summed E-state index contributed by atoms with van der Waals surface area (Å²) in [6.07, 6.45) is 2.89. The standard InChI is InChI=1S/C17H26ClN3/c1-2-19-12-15-5-6-16(18)11-17(15)21-9-7-20(8-10-21)13-14-3-4-14/h5-6,11,14,19H,2-4,7-10,12-13H2,1H3. The van der Waals surface area contributed by atoms with Crippen molar-refractivity contribution < 1.29 is 0 Å². The van der Waals surface area contributed by atoms with Crippen LogP contribution in [0.2, 0.25) is 5.02 Å². The third-order valence-corrected chi connectivity index (χ3v) is 4.77. The van der Waals surface area contributed by atoms with Crippen molar-refractivity contribution in [1.29, 1.82) is 0 Å². The van der Waals surface area contributed by atoms with E-state index in [1.165, 1.54) is 43.7 Å². The number of halogens is 1. The van der Waals surface area contributed by atoms with Gasteiger partial charge in [0.2, 0.25) is 0 Å². The zero-order valence-electron chi connectivity index (χ0n) is 12.9. The molecule has 0 atom stereocenters. The lowest BCUT2D eigenvalue weighted by atomic mass is 10.1. The Labute approximate surface area is 133 Å². The van der Waals surface area contributed by atoms with Crippen LogP contribution in [0.15, 0.2) is 18.2 Å². The molecular formula is C17H26ClN3. The van der Waals surface area contributed by atoms with Crippen molar-refractivity contribution >= 4 is 17.3 Å². The smallest absolute Gasteiger partial charge is 0.0427 e. The maximum absolute atomic E-state index is 6.22. The number of piperazine rings is 1. The molecule has 1 aliphatic carbocycles. The summed E-state index contributed by atoms with van der Waals surface area (Å²) in [7, 11) is 0. The Kier molecular flexibility index (Phi) is 5.04. The SMILES string of the molecule is CCNCc1ccc(Cl)cc1N1CCN(CC2CC2)CC1. The van der Waals surface area contributed by atoms with E-state index >= 15 is 0 Å². The summed E-state index contributed by atoms with van der Waals surface area (Å²) in [4.78, 5) is 5.13. The molecule has 116 valence electrons. The molecule has 3 nitrogen and oxygen atoms in total. The molecule has 1 saturated heterocycles. The molecule has 2 aliphatic rings. The zero-order chi connectivity index (χ0) is 14.7. The summed E-state index contributed by atoms with van der Waals surface area (Å²) >= 11 is 6.22. The highest BCUT2D eigenvalue weighted by Gasteiger charge is 2.26. The van der Waals surface area contributed by atoms with Gasteiger partial charge in [0.1, 0.15) is 0 Å². The van der Waals surface area contributed by atoms with Crippen molar-refractivity contribution in [3.05, 3.63) is 28.8 Å². The van der Waals surface area contributed by atoms with E-state index in [0.29, 0.717) is 0 Å². The maximum atomic E-state index is 6.22. The zero-order valence-corrected chi connectivity index (χ0v) is 13.7. The Morgan fingerprint density at radius 2 is 1.95 bits per heavy atom. The van der Waals surface area contributed by atoms with Gasteiger partial charge in [-0.3, -0.25) is 4.90 Å². The van der Waals surface area contributed by atoms with Gasteiger partial charge in [0.15, 0.2) is 0 Å². The Balaban J connectivity index is 1.63. The second-order valence-corrected chi connectivity index (χ2v) is 6.72. The van der Waals surface area contributed by atoms with Gasteiger partial charge in [-0.2, -0.15) is 0 Å². The van der Waals surface area contributed by atoms with Gasteiger partial charge in [0.05, 0.1) is 0 Å². The molecule has 1 aliphatic heterocycles. The van der Waals surface area contributed by atoms with Crippen molar-refractivity contribution in [2.75, 3.05) is 44.2 Å². The van der Waals surface area contributed by atoms with Crippen LogP contribution < -0.4 is 10.2 Å². The second kappa shape index (κ2) is 6.99. The van der Waals surface area contributed by atoms with Gasteiger partial charge in [-0.25, -0.2) is 0 Å². The number of nitrogens with one attached hydrogen (secondary N) is 1. The van der Waals surface area contributed by atoms with Crippen LogP contribution in [0.4, 0.5) is 5.69 Å². The summed E-state index contributed by atoms with van der Waals surface area (Å²) in [6.45, 7) is 9.98. The molecule has 1 N–H and O–H groups in total. The van der Waals surface area contributed by atoms with E-state index in [9.17, 15) is 0 Å². The first-order chi connectivity index (χ1) is 10.3. The minimum Gasteiger partial charge on any atom is -0.369 e. The number of hydrogen-bond donors (Lipinski definition) is 1. The molecule has 1 heterocycles. The molecule has 0 radical (unpaired) electrons. The first-order valence-electron chi connectivity index (χ1n) is 8.22. The molecule has 0 unspecified atom stereocenters. The van der Waals surface area contributed by atoms with Gasteiger partial charge in [0.25, 0.3) is 0 Å². The molecule has 0 aromatic heterocycles.